The first-order valence-corrected chi connectivity index (χ1v) is 13.8. The maximum Gasteiger partial charge on any atom is 0.316 e. The fourth-order valence-corrected chi connectivity index (χ4v) is 4.88. The number of anilines is 1. The number of aromatic nitrogens is 1. The van der Waals surface area contributed by atoms with E-state index in [2.05, 4.69) is 10.3 Å². The van der Waals surface area contributed by atoms with E-state index in [1.54, 1.807) is 48.5 Å². The van der Waals surface area contributed by atoms with Gasteiger partial charge in [0.2, 0.25) is 0 Å². The van der Waals surface area contributed by atoms with Crippen molar-refractivity contribution in [1.82, 2.24) is 10.3 Å². The molecule has 4 aromatic rings. The highest BCUT2D eigenvalue weighted by molar-refractivity contribution is 6.40. The Kier molecular flexibility index (Phi) is 9.11. The zero-order valence-electron chi connectivity index (χ0n) is 23.5. The summed E-state index contributed by atoms with van der Waals surface area (Å²) in [5, 5.41) is 3.91. The Bertz CT molecular complexity index is 1640. The smallest absolute Gasteiger partial charge is 0.316 e. The minimum Gasteiger partial charge on any atom is -0.493 e. The second-order valence-corrected chi connectivity index (χ2v) is 10.1. The van der Waals surface area contributed by atoms with Crippen molar-refractivity contribution < 1.29 is 33.0 Å². The molecule has 0 unspecified atom stereocenters. The second-order valence-electron chi connectivity index (χ2n) is 10.1. The molecule has 0 spiro atoms. The van der Waals surface area contributed by atoms with Crippen molar-refractivity contribution in [3.05, 3.63) is 84.3 Å². The largest absolute Gasteiger partial charge is 0.493 e. The number of benzene rings is 3. The van der Waals surface area contributed by atoms with Crippen LogP contribution in [0, 0.1) is 11.7 Å². The zero-order valence-corrected chi connectivity index (χ0v) is 23.5. The van der Waals surface area contributed by atoms with Crippen LogP contribution in [0.1, 0.15) is 23.2 Å². The average Bonchev–Trinajstić information content (AvgIpc) is 3.03. The van der Waals surface area contributed by atoms with Gasteiger partial charge in [0.25, 0.3) is 0 Å². The van der Waals surface area contributed by atoms with Gasteiger partial charge in [-0.15, -0.1) is 0 Å². The van der Waals surface area contributed by atoms with E-state index < -0.39 is 30.0 Å². The molecule has 1 aliphatic heterocycles. The first-order valence-electron chi connectivity index (χ1n) is 13.8. The normalized spacial score (nSPS) is 13.3. The summed E-state index contributed by atoms with van der Waals surface area (Å²) in [5.41, 5.74) is 6.07. The lowest BCUT2D eigenvalue weighted by atomic mass is 9.99. The summed E-state index contributed by atoms with van der Waals surface area (Å²) in [6, 6.07) is 17.0. The number of methoxy groups -OCH3 is 1. The number of hydrogen-bond acceptors (Lipinski definition) is 8. The molecular weight excluding hydrogens is 555 g/mol. The summed E-state index contributed by atoms with van der Waals surface area (Å²) in [5.74, 6) is -2.07. The lowest BCUT2D eigenvalue weighted by Crippen LogP contribution is -2.43. The number of nitrogens with one attached hydrogen (secondary N) is 1. The fraction of sp³-hybridized carbons (Fsp3) is 0.250. The van der Waals surface area contributed by atoms with E-state index in [-0.39, 0.29) is 11.4 Å². The lowest BCUT2D eigenvalue weighted by molar-refractivity contribution is -0.135. The number of halogens is 1. The van der Waals surface area contributed by atoms with Gasteiger partial charge in [-0.05, 0) is 56.1 Å². The molecule has 5 rings (SSSR count). The Balaban J connectivity index is 1.38. The summed E-state index contributed by atoms with van der Waals surface area (Å²) in [4.78, 5) is 42.3. The van der Waals surface area contributed by atoms with Gasteiger partial charge in [0, 0.05) is 35.0 Å². The Morgan fingerprint density at radius 1 is 0.977 bits per heavy atom. The van der Waals surface area contributed by atoms with Crippen molar-refractivity contribution in [1.29, 1.82) is 0 Å². The lowest BCUT2D eigenvalue weighted by Gasteiger charge is -2.23. The molecule has 10 nitrogen and oxygen atoms in total. The van der Waals surface area contributed by atoms with Crippen LogP contribution < -0.4 is 30.2 Å². The van der Waals surface area contributed by atoms with Crippen molar-refractivity contribution in [3.8, 4) is 23.0 Å². The van der Waals surface area contributed by atoms with Crippen LogP contribution in [0.15, 0.2) is 72.9 Å². The molecule has 3 N–H and O–H groups in total. The molecule has 222 valence electrons. The van der Waals surface area contributed by atoms with Crippen LogP contribution in [-0.4, -0.2) is 55.9 Å². The van der Waals surface area contributed by atoms with Crippen molar-refractivity contribution in [2.45, 2.75) is 12.8 Å². The third-order valence-electron chi connectivity index (χ3n) is 7.22. The summed E-state index contributed by atoms with van der Waals surface area (Å²) < 4.78 is 33.0. The zero-order chi connectivity index (χ0) is 30.3. The monoisotopic (exact) mass is 586 g/mol. The van der Waals surface area contributed by atoms with Gasteiger partial charge in [-0.2, -0.15) is 0 Å². The molecule has 0 atom stereocenters. The van der Waals surface area contributed by atoms with Crippen molar-refractivity contribution in [2.24, 2.45) is 11.7 Å². The topological polar surface area (TPSA) is 133 Å². The third-order valence-corrected chi connectivity index (χ3v) is 7.22. The average molecular weight is 587 g/mol. The summed E-state index contributed by atoms with van der Waals surface area (Å²) in [6.07, 6.45) is 3.61. The second kappa shape index (κ2) is 13.3. The van der Waals surface area contributed by atoms with Crippen molar-refractivity contribution in [3.63, 3.8) is 0 Å². The van der Waals surface area contributed by atoms with Crippen molar-refractivity contribution in [2.75, 3.05) is 38.3 Å². The first-order chi connectivity index (χ1) is 20.8. The number of amides is 2. The van der Waals surface area contributed by atoms with Crippen LogP contribution in [0.25, 0.3) is 10.9 Å². The summed E-state index contributed by atoms with van der Waals surface area (Å²) in [7, 11) is 1.54. The van der Waals surface area contributed by atoms with Crippen molar-refractivity contribution >= 4 is 34.2 Å². The van der Waals surface area contributed by atoms with E-state index in [0.29, 0.717) is 46.2 Å². The molecule has 0 aliphatic carbocycles. The van der Waals surface area contributed by atoms with Gasteiger partial charge in [0.15, 0.2) is 28.8 Å². The van der Waals surface area contributed by atoms with Crippen LogP contribution in [-0.2, 0) is 9.59 Å². The number of ether oxygens (including phenoxy) is 3. The van der Waals surface area contributed by atoms with Crippen LogP contribution in [0.2, 0.25) is 0 Å². The standard InChI is InChI=1S/C32H31FN4O6/c1-41-29-16-23-25(17-30(29)42-19-20-9-12-35-13-10-20)36-14-11-27(23)43-28-8-7-22(15-24(28)33)37(32(40)31(34)39)18-26(38)21-5-3-2-4-6-21/h2-8,11,14-17,20,35H,9-10,12-13,18-19H2,1H3,(H2,34,39). The molecule has 11 heteroatoms. The third kappa shape index (κ3) is 6.90. The fourth-order valence-electron chi connectivity index (χ4n) is 4.88. The number of piperidine rings is 1. The maximum atomic E-state index is 15.4. The van der Waals surface area contributed by atoms with Gasteiger partial charge in [0.1, 0.15) is 5.75 Å². The Morgan fingerprint density at radius 2 is 1.74 bits per heavy atom. The van der Waals surface area contributed by atoms with Gasteiger partial charge in [0.05, 0.1) is 25.8 Å². The van der Waals surface area contributed by atoms with Crippen LogP contribution in [0.4, 0.5) is 10.1 Å². The molecule has 1 aliphatic rings. The molecular formula is C32H31FN4O6. The molecule has 1 fully saturated rings. The number of carbonyl (C=O) groups is 3. The highest BCUT2D eigenvalue weighted by atomic mass is 19.1. The number of nitrogens with two attached hydrogens (primary N) is 1. The Hall–Kier alpha value is -5.03. The first kappa shape index (κ1) is 29.5. The van der Waals surface area contributed by atoms with E-state index >= 15 is 4.39 Å². The highest BCUT2D eigenvalue weighted by Gasteiger charge is 2.25. The molecule has 3 aromatic carbocycles. The number of Topliss-reactive ketones (excluding diaryl/α,β-unsaturated/α-hetero) is 1. The highest BCUT2D eigenvalue weighted by Crippen LogP contribution is 2.38. The minimum atomic E-state index is -1.28. The molecule has 1 saturated heterocycles. The summed E-state index contributed by atoms with van der Waals surface area (Å²) in [6.45, 7) is 1.98. The predicted octanol–water partition coefficient (Wildman–Crippen LogP) is 4.25. The Morgan fingerprint density at radius 3 is 2.44 bits per heavy atom. The van der Waals surface area contributed by atoms with Crippen LogP contribution >= 0.6 is 0 Å². The van der Waals surface area contributed by atoms with Crippen LogP contribution in [0.5, 0.6) is 23.0 Å². The number of nitrogens with zero attached hydrogens (tertiary/aromatic N) is 2. The molecule has 0 radical (unpaired) electrons. The summed E-state index contributed by atoms with van der Waals surface area (Å²) >= 11 is 0. The predicted molar refractivity (Wildman–Crippen MR) is 158 cm³/mol. The molecule has 2 heterocycles. The molecule has 43 heavy (non-hydrogen) atoms. The van der Waals surface area contributed by atoms with E-state index in [0.717, 1.165) is 36.9 Å². The van der Waals surface area contributed by atoms with Gasteiger partial charge < -0.3 is 25.3 Å². The molecule has 0 saturated carbocycles. The number of ketones is 1. The van der Waals surface area contributed by atoms with Gasteiger partial charge in [-0.1, -0.05) is 30.3 Å². The van der Waals surface area contributed by atoms with Gasteiger partial charge in [-0.3, -0.25) is 24.3 Å². The number of fused-ring (bicyclic) bond motifs is 1. The number of hydrogen-bond donors (Lipinski definition) is 2. The van der Waals surface area contributed by atoms with E-state index in [9.17, 15) is 14.4 Å². The van der Waals surface area contributed by atoms with E-state index in [1.807, 2.05) is 0 Å². The van der Waals surface area contributed by atoms with E-state index in [4.69, 9.17) is 19.9 Å². The molecule has 0 bridgehead atoms. The maximum absolute atomic E-state index is 15.4. The molecule has 1 aromatic heterocycles. The van der Waals surface area contributed by atoms with Gasteiger partial charge >= 0.3 is 11.8 Å². The Labute approximate surface area is 247 Å². The quantitative estimate of drug-likeness (QED) is 0.208. The number of primary amides is 1. The number of rotatable bonds is 10. The van der Waals surface area contributed by atoms with E-state index in [1.165, 1.54) is 25.4 Å². The van der Waals surface area contributed by atoms with Crippen LogP contribution in [0.3, 0.4) is 0 Å². The minimum absolute atomic E-state index is 0.0327. The number of pyridine rings is 1. The number of carbonyl (C=O) groups excluding carboxylic acids is 3. The molecule has 2 amide bonds. The van der Waals surface area contributed by atoms with Gasteiger partial charge in [-0.25, -0.2) is 4.39 Å². The SMILES string of the molecule is COc1cc2c(Oc3ccc(N(CC(=O)c4ccccc4)C(=O)C(N)=O)cc3F)ccnc2cc1OCC1CCNCC1.